The highest BCUT2D eigenvalue weighted by Gasteiger charge is 2.19. The summed E-state index contributed by atoms with van der Waals surface area (Å²) in [5, 5.41) is 6.04. The van der Waals surface area contributed by atoms with E-state index in [0.717, 1.165) is 12.0 Å². The van der Waals surface area contributed by atoms with Crippen molar-refractivity contribution in [3.05, 3.63) is 46.5 Å². The molecule has 6 nitrogen and oxygen atoms in total. The molecule has 1 aliphatic heterocycles. The number of fused-ring (bicyclic) bond motifs is 1. The van der Waals surface area contributed by atoms with Crippen molar-refractivity contribution in [3.63, 3.8) is 0 Å². The summed E-state index contributed by atoms with van der Waals surface area (Å²) in [4.78, 5) is 24.7. The minimum Gasteiger partial charge on any atom is -0.489 e. The molecular formula is C21H23ClN2O4. The molecule has 2 aromatic carbocycles. The van der Waals surface area contributed by atoms with E-state index in [1.165, 1.54) is 0 Å². The zero-order valence-corrected chi connectivity index (χ0v) is 16.9. The number of ether oxygens (including phenoxy) is 2. The molecule has 3 rings (SSSR count). The lowest BCUT2D eigenvalue weighted by Gasteiger charge is -2.14. The Morgan fingerprint density at radius 2 is 1.82 bits per heavy atom. The second kappa shape index (κ2) is 8.52. The zero-order chi connectivity index (χ0) is 20.3. The summed E-state index contributed by atoms with van der Waals surface area (Å²) in [6, 6.07) is 8.56. The number of amides is 2. The number of hydrogen-bond acceptors (Lipinski definition) is 4. The molecule has 0 aliphatic carbocycles. The van der Waals surface area contributed by atoms with E-state index in [9.17, 15) is 9.59 Å². The quantitative estimate of drug-likeness (QED) is 0.779. The molecule has 0 spiro atoms. The Morgan fingerprint density at radius 1 is 1.07 bits per heavy atom. The van der Waals surface area contributed by atoms with E-state index in [4.69, 9.17) is 21.1 Å². The fourth-order valence-electron chi connectivity index (χ4n) is 2.68. The fourth-order valence-corrected chi connectivity index (χ4v) is 2.94. The minimum atomic E-state index is -0.326. The van der Waals surface area contributed by atoms with Gasteiger partial charge in [0.25, 0.3) is 5.91 Å². The maximum Gasteiger partial charge on any atom is 0.255 e. The Labute approximate surface area is 169 Å². The predicted octanol–water partition coefficient (Wildman–Crippen LogP) is 4.66. The summed E-state index contributed by atoms with van der Waals surface area (Å²) in [5.74, 6) is 0.377. The summed E-state index contributed by atoms with van der Waals surface area (Å²) >= 11 is 6.28. The predicted molar refractivity (Wildman–Crippen MR) is 110 cm³/mol. The zero-order valence-electron chi connectivity index (χ0n) is 16.1. The SMILES string of the molecule is Cc1ccc(NC(=O)C(C)C)cc1NC(=O)c1cc(Cl)c2c(c1)OCCCO2. The molecule has 0 radical (unpaired) electrons. The smallest absolute Gasteiger partial charge is 0.255 e. The van der Waals surface area contributed by atoms with Gasteiger partial charge in [-0.05, 0) is 36.8 Å². The molecule has 0 aromatic heterocycles. The maximum absolute atomic E-state index is 12.8. The number of nitrogens with one attached hydrogen (secondary N) is 2. The van der Waals surface area contributed by atoms with Crippen LogP contribution in [0.3, 0.4) is 0 Å². The van der Waals surface area contributed by atoms with Crippen molar-refractivity contribution in [3.8, 4) is 11.5 Å². The first-order valence-electron chi connectivity index (χ1n) is 9.17. The number of carbonyl (C=O) groups excluding carboxylic acids is 2. The van der Waals surface area contributed by atoms with E-state index in [-0.39, 0.29) is 17.7 Å². The number of benzene rings is 2. The molecule has 0 unspecified atom stereocenters. The van der Waals surface area contributed by atoms with Gasteiger partial charge >= 0.3 is 0 Å². The molecule has 1 heterocycles. The van der Waals surface area contributed by atoms with E-state index in [1.807, 2.05) is 26.8 Å². The van der Waals surface area contributed by atoms with Gasteiger partial charge in [0.15, 0.2) is 11.5 Å². The first-order valence-corrected chi connectivity index (χ1v) is 9.55. The Morgan fingerprint density at radius 3 is 2.57 bits per heavy atom. The monoisotopic (exact) mass is 402 g/mol. The summed E-state index contributed by atoms with van der Waals surface area (Å²) in [6.45, 7) is 6.54. The van der Waals surface area contributed by atoms with E-state index in [1.54, 1.807) is 24.3 Å². The van der Waals surface area contributed by atoms with Crippen LogP contribution in [0.15, 0.2) is 30.3 Å². The van der Waals surface area contributed by atoms with Crippen LogP contribution in [-0.4, -0.2) is 25.0 Å². The number of halogens is 1. The van der Waals surface area contributed by atoms with Crippen molar-refractivity contribution < 1.29 is 19.1 Å². The average Bonchev–Trinajstić information content (AvgIpc) is 2.90. The molecule has 7 heteroatoms. The van der Waals surface area contributed by atoms with Gasteiger partial charge in [-0.3, -0.25) is 9.59 Å². The number of anilines is 2. The normalized spacial score (nSPS) is 13.0. The van der Waals surface area contributed by atoms with Crippen molar-refractivity contribution >= 4 is 34.8 Å². The van der Waals surface area contributed by atoms with Crippen LogP contribution in [0.5, 0.6) is 11.5 Å². The fraction of sp³-hybridized carbons (Fsp3) is 0.333. The summed E-state index contributed by atoms with van der Waals surface area (Å²) in [5.41, 5.74) is 2.47. The molecule has 148 valence electrons. The third kappa shape index (κ3) is 4.57. The van der Waals surface area contributed by atoms with Gasteiger partial charge in [-0.15, -0.1) is 0 Å². The second-order valence-electron chi connectivity index (χ2n) is 6.96. The Balaban J connectivity index is 1.82. The van der Waals surface area contributed by atoms with Crippen molar-refractivity contribution in [1.82, 2.24) is 0 Å². The Kier molecular flexibility index (Phi) is 6.09. The molecule has 2 N–H and O–H groups in total. The molecular weight excluding hydrogens is 380 g/mol. The van der Waals surface area contributed by atoms with Gasteiger partial charge in [-0.2, -0.15) is 0 Å². The molecule has 0 saturated carbocycles. The molecule has 0 fully saturated rings. The van der Waals surface area contributed by atoms with Crippen molar-refractivity contribution in [2.75, 3.05) is 23.8 Å². The van der Waals surface area contributed by atoms with Crippen molar-refractivity contribution in [2.45, 2.75) is 27.2 Å². The molecule has 0 saturated heterocycles. The van der Waals surface area contributed by atoms with Gasteiger partial charge in [0.05, 0.1) is 18.2 Å². The van der Waals surface area contributed by atoms with Gasteiger partial charge in [0.1, 0.15) is 0 Å². The minimum absolute atomic E-state index is 0.0872. The van der Waals surface area contributed by atoms with Crippen LogP contribution in [0, 0.1) is 12.8 Å². The molecule has 1 aliphatic rings. The highest BCUT2D eigenvalue weighted by molar-refractivity contribution is 6.32. The number of aryl methyl sites for hydroxylation is 1. The van der Waals surface area contributed by atoms with Crippen molar-refractivity contribution in [2.24, 2.45) is 5.92 Å². The molecule has 0 bridgehead atoms. The number of hydrogen-bond donors (Lipinski definition) is 2. The van der Waals surface area contributed by atoms with Crippen LogP contribution >= 0.6 is 11.6 Å². The first-order chi connectivity index (χ1) is 13.3. The molecule has 2 aromatic rings. The lowest BCUT2D eigenvalue weighted by Crippen LogP contribution is -2.18. The van der Waals surface area contributed by atoms with Crippen LogP contribution in [0.2, 0.25) is 5.02 Å². The van der Waals surface area contributed by atoms with Crippen LogP contribution in [0.4, 0.5) is 11.4 Å². The third-order valence-corrected chi connectivity index (χ3v) is 4.62. The molecule has 28 heavy (non-hydrogen) atoms. The van der Waals surface area contributed by atoms with E-state index >= 15 is 0 Å². The van der Waals surface area contributed by atoms with E-state index in [0.29, 0.717) is 46.7 Å². The highest BCUT2D eigenvalue weighted by atomic mass is 35.5. The van der Waals surface area contributed by atoms with E-state index in [2.05, 4.69) is 10.6 Å². The topological polar surface area (TPSA) is 76.7 Å². The van der Waals surface area contributed by atoms with Gasteiger partial charge in [-0.25, -0.2) is 0 Å². The van der Waals surface area contributed by atoms with Gasteiger partial charge in [-0.1, -0.05) is 31.5 Å². The summed E-state index contributed by atoms with van der Waals surface area (Å²) in [7, 11) is 0. The highest BCUT2D eigenvalue weighted by Crippen LogP contribution is 2.38. The van der Waals surface area contributed by atoms with Gasteiger partial charge in [0.2, 0.25) is 5.91 Å². The summed E-state index contributed by atoms with van der Waals surface area (Å²) < 4.78 is 11.2. The largest absolute Gasteiger partial charge is 0.489 e. The Bertz CT molecular complexity index is 912. The van der Waals surface area contributed by atoms with Crippen LogP contribution in [0.1, 0.15) is 36.2 Å². The number of carbonyl (C=O) groups is 2. The summed E-state index contributed by atoms with van der Waals surface area (Å²) in [6.07, 6.45) is 0.751. The van der Waals surface area contributed by atoms with Crippen LogP contribution in [-0.2, 0) is 4.79 Å². The average molecular weight is 403 g/mol. The third-order valence-electron chi connectivity index (χ3n) is 4.34. The standard InChI is InChI=1S/C21H23ClN2O4/c1-12(2)20(25)23-15-6-5-13(3)17(11-15)24-21(26)14-9-16(22)19-18(10-14)27-7-4-8-28-19/h5-6,9-12H,4,7-8H2,1-3H3,(H,23,25)(H,24,26). The van der Waals surface area contributed by atoms with E-state index < -0.39 is 0 Å². The number of rotatable bonds is 4. The Hall–Kier alpha value is -2.73. The van der Waals surface area contributed by atoms with Gasteiger partial charge in [0, 0.05) is 29.3 Å². The van der Waals surface area contributed by atoms with Crippen molar-refractivity contribution in [1.29, 1.82) is 0 Å². The van der Waals surface area contributed by atoms with Crippen LogP contribution < -0.4 is 20.1 Å². The lowest BCUT2D eigenvalue weighted by molar-refractivity contribution is -0.118. The first kappa shape index (κ1) is 20.0. The lowest BCUT2D eigenvalue weighted by atomic mass is 10.1. The maximum atomic E-state index is 12.8. The van der Waals surface area contributed by atoms with Crippen LogP contribution in [0.25, 0.3) is 0 Å². The molecule has 0 atom stereocenters. The molecule has 2 amide bonds. The second-order valence-corrected chi connectivity index (χ2v) is 7.37. The van der Waals surface area contributed by atoms with Gasteiger partial charge < -0.3 is 20.1 Å².